The van der Waals surface area contributed by atoms with Crippen LogP contribution in [-0.2, 0) is 14.8 Å². The Labute approximate surface area is 127 Å². The number of rotatable bonds is 9. The van der Waals surface area contributed by atoms with Gasteiger partial charge in [-0.15, -0.1) is 0 Å². The van der Waals surface area contributed by atoms with Crippen LogP contribution in [0.5, 0.6) is 0 Å². The van der Waals surface area contributed by atoms with Gasteiger partial charge in [-0.05, 0) is 37.4 Å². The lowest BCUT2D eigenvalue weighted by molar-refractivity contribution is -0.119. The van der Waals surface area contributed by atoms with E-state index in [2.05, 4.69) is 11.6 Å². The van der Waals surface area contributed by atoms with Crippen LogP contribution in [0.2, 0.25) is 0 Å². The Morgan fingerprint density at radius 3 is 2.43 bits per heavy atom. The molecule has 6 heteroatoms. The monoisotopic (exact) mass is 312 g/mol. The van der Waals surface area contributed by atoms with Gasteiger partial charge >= 0.3 is 0 Å². The maximum absolute atomic E-state index is 12.0. The first-order chi connectivity index (χ1) is 9.99. The molecule has 1 amide bonds. The van der Waals surface area contributed by atoms with Gasteiger partial charge in [0, 0.05) is 6.42 Å². The fourth-order valence-corrected chi connectivity index (χ4v) is 3.31. The number of sulfonamides is 1. The first kappa shape index (κ1) is 17.7. The minimum Gasteiger partial charge on any atom is -0.330 e. The van der Waals surface area contributed by atoms with Gasteiger partial charge in [-0.1, -0.05) is 38.0 Å². The second kappa shape index (κ2) is 8.79. The standard InChI is InChI=1S/C15H24N2O3S/c1-2-6-13(11-12-16)9-10-15(18)17-21(19,20)14-7-4-3-5-8-14/h3-5,7-8,13H,2,6,9-12,16H2,1H3,(H,17,18). The summed E-state index contributed by atoms with van der Waals surface area (Å²) in [6.45, 7) is 2.68. The van der Waals surface area contributed by atoms with Gasteiger partial charge in [0.15, 0.2) is 0 Å². The summed E-state index contributed by atoms with van der Waals surface area (Å²) in [6.07, 6.45) is 3.79. The highest BCUT2D eigenvalue weighted by Gasteiger charge is 2.18. The molecule has 0 aliphatic heterocycles. The van der Waals surface area contributed by atoms with Crippen LogP contribution in [0.1, 0.15) is 39.0 Å². The number of hydrogen-bond acceptors (Lipinski definition) is 4. The molecule has 0 heterocycles. The molecule has 1 aromatic rings. The van der Waals surface area contributed by atoms with Crippen LogP contribution in [0, 0.1) is 5.92 Å². The SMILES string of the molecule is CCCC(CCN)CCC(=O)NS(=O)(=O)c1ccccc1. The molecular formula is C15H24N2O3S. The van der Waals surface area contributed by atoms with Crippen LogP contribution in [0.3, 0.4) is 0 Å². The molecule has 0 aliphatic carbocycles. The van der Waals surface area contributed by atoms with Crippen molar-refractivity contribution in [2.45, 2.75) is 43.9 Å². The maximum Gasteiger partial charge on any atom is 0.264 e. The minimum absolute atomic E-state index is 0.102. The van der Waals surface area contributed by atoms with Gasteiger partial charge in [0.2, 0.25) is 5.91 Å². The van der Waals surface area contributed by atoms with Gasteiger partial charge in [-0.3, -0.25) is 4.79 Å². The van der Waals surface area contributed by atoms with Crippen molar-refractivity contribution < 1.29 is 13.2 Å². The lowest BCUT2D eigenvalue weighted by atomic mass is 9.94. The zero-order chi connectivity index (χ0) is 15.7. The van der Waals surface area contributed by atoms with Crippen molar-refractivity contribution in [2.24, 2.45) is 11.7 Å². The van der Waals surface area contributed by atoms with E-state index in [0.717, 1.165) is 19.3 Å². The molecule has 0 aliphatic rings. The van der Waals surface area contributed by atoms with Gasteiger partial charge in [-0.25, -0.2) is 13.1 Å². The molecule has 118 valence electrons. The molecule has 5 nitrogen and oxygen atoms in total. The van der Waals surface area contributed by atoms with Crippen LogP contribution < -0.4 is 10.5 Å². The van der Waals surface area contributed by atoms with Crippen LogP contribution >= 0.6 is 0 Å². The highest BCUT2D eigenvalue weighted by Crippen LogP contribution is 2.17. The predicted molar refractivity (Wildman–Crippen MR) is 83.1 cm³/mol. The molecule has 0 fully saturated rings. The second-order valence-electron chi connectivity index (χ2n) is 5.11. The van der Waals surface area contributed by atoms with E-state index in [9.17, 15) is 13.2 Å². The van der Waals surface area contributed by atoms with E-state index in [1.807, 2.05) is 0 Å². The minimum atomic E-state index is -3.76. The number of carbonyl (C=O) groups is 1. The van der Waals surface area contributed by atoms with Crippen LogP contribution in [0.25, 0.3) is 0 Å². The summed E-state index contributed by atoms with van der Waals surface area (Å²) in [5.74, 6) is -0.0813. The Balaban J connectivity index is 2.53. The number of hydrogen-bond donors (Lipinski definition) is 2. The number of carbonyl (C=O) groups excluding carboxylic acids is 1. The average molecular weight is 312 g/mol. The number of nitrogens with one attached hydrogen (secondary N) is 1. The second-order valence-corrected chi connectivity index (χ2v) is 6.79. The predicted octanol–water partition coefficient (Wildman–Crippen LogP) is 2.04. The summed E-state index contributed by atoms with van der Waals surface area (Å²) in [5.41, 5.74) is 5.55. The largest absolute Gasteiger partial charge is 0.330 e. The Morgan fingerprint density at radius 2 is 1.86 bits per heavy atom. The van der Waals surface area contributed by atoms with Crippen molar-refractivity contribution in [1.29, 1.82) is 0 Å². The smallest absolute Gasteiger partial charge is 0.264 e. The van der Waals surface area contributed by atoms with Gasteiger partial charge in [-0.2, -0.15) is 0 Å². The van der Waals surface area contributed by atoms with Crippen molar-refractivity contribution in [2.75, 3.05) is 6.54 Å². The van der Waals surface area contributed by atoms with E-state index in [1.54, 1.807) is 18.2 Å². The summed E-state index contributed by atoms with van der Waals surface area (Å²) in [5, 5.41) is 0. The zero-order valence-electron chi connectivity index (χ0n) is 12.4. The molecular weight excluding hydrogens is 288 g/mol. The van der Waals surface area contributed by atoms with E-state index in [1.165, 1.54) is 12.1 Å². The summed E-state index contributed by atoms with van der Waals surface area (Å²) in [6, 6.07) is 7.89. The van der Waals surface area contributed by atoms with E-state index < -0.39 is 15.9 Å². The molecule has 21 heavy (non-hydrogen) atoms. The summed E-state index contributed by atoms with van der Waals surface area (Å²) in [4.78, 5) is 11.9. The number of amides is 1. The van der Waals surface area contributed by atoms with E-state index in [4.69, 9.17) is 5.73 Å². The van der Waals surface area contributed by atoms with Crippen molar-refractivity contribution in [1.82, 2.24) is 4.72 Å². The normalized spacial score (nSPS) is 12.9. The molecule has 1 aromatic carbocycles. The van der Waals surface area contributed by atoms with E-state index in [-0.39, 0.29) is 11.3 Å². The molecule has 0 bridgehead atoms. The molecule has 0 saturated heterocycles. The van der Waals surface area contributed by atoms with Crippen LogP contribution in [-0.4, -0.2) is 20.9 Å². The molecule has 3 N–H and O–H groups in total. The molecule has 1 unspecified atom stereocenters. The quantitative estimate of drug-likeness (QED) is 0.730. The van der Waals surface area contributed by atoms with Gasteiger partial charge < -0.3 is 5.73 Å². The van der Waals surface area contributed by atoms with Gasteiger partial charge in [0.1, 0.15) is 0 Å². The fourth-order valence-electron chi connectivity index (χ4n) is 2.27. The third-order valence-electron chi connectivity index (χ3n) is 3.35. The van der Waals surface area contributed by atoms with Crippen LogP contribution in [0.4, 0.5) is 0 Å². The third kappa shape index (κ3) is 6.27. The highest BCUT2D eigenvalue weighted by molar-refractivity contribution is 7.90. The van der Waals surface area contributed by atoms with Crippen molar-refractivity contribution in [3.8, 4) is 0 Å². The molecule has 0 spiro atoms. The first-order valence-corrected chi connectivity index (χ1v) is 8.78. The van der Waals surface area contributed by atoms with E-state index in [0.29, 0.717) is 18.9 Å². The summed E-state index contributed by atoms with van der Waals surface area (Å²) >= 11 is 0. The Bertz CT molecular complexity index is 523. The fraction of sp³-hybridized carbons (Fsp3) is 0.533. The molecule has 0 saturated carbocycles. The highest BCUT2D eigenvalue weighted by atomic mass is 32.2. The number of nitrogens with two attached hydrogens (primary N) is 1. The van der Waals surface area contributed by atoms with Gasteiger partial charge in [0.05, 0.1) is 4.90 Å². The summed E-state index contributed by atoms with van der Waals surface area (Å²) in [7, 11) is -3.76. The van der Waals surface area contributed by atoms with Crippen molar-refractivity contribution in [3.63, 3.8) is 0 Å². The summed E-state index contributed by atoms with van der Waals surface area (Å²) < 4.78 is 26.1. The lowest BCUT2D eigenvalue weighted by Gasteiger charge is -2.14. The average Bonchev–Trinajstić information content (AvgIpc) is 2.46. The van der Waals surface area contributed by atoms with Crippen LogP contribution in [0.15, 0.2) is 35.2 Å². The Morgan fingerprint density at radius 1 is 1.19 bits per heavy atom. The maximum atomic E-state index is 12.0. The lowest BCUT2D eigenvalue weighted by Crippen LogP contribution is -2.30. The zero-order valence-corrected chi connectivity index (χ0v) is 13.2. The van der Waals surface area contributed by atoms with Crippen molar-refractivity contribution >= 4 is 15.9 Å². The topological polar surface area (TPSA) is 89.3 Å². The Hall–Kier alpha value is -1.40. The molecule has 0 radical (unpaired) electrons. The Kier molecular flexibility index (Phi) is 7.39. The number of benzene rings is 1. The van der Waals surface area contributed by atoms with E-state index >= 15 is 0 Å². The third-order valence-corrected chi connectivity index (χ3v) is 4.74. The van der Waals surface area contributed by atoms with Crippen molar-refractivity contribution in [3.05, 3.63) is 30.3 Å². The first-order valence-electron chi connectivity index (χ1n) is 7.30. The molecule has 1 rings (SSSR count). The van der Waals surface area contributed by atoms with Gasteiger partial charge in [0.25, 0.3) is 10.0 Å². The molecule has 0 aromatic heterocycles. The molecule has 1 atom stereocenters.